The molecule has 0 atom stereocenters. The average Bonchev–Trinajstić information content (AvgIpc) is 2.91. The molecule has 7 heteroatoms. The van der Waals surface area contributed by atoms with Crippen molar-refractivity contribution >= 4 is 11.3 Å². The van der Waals surface area contributed by atoms with E-state index >= 15 is 0 Å². The molecule has 0 aliphatic carbocycles. The Labute approximate surface area is 117 Å². The van der Waals surface area contributed by atoms with Gasteiger partial charge in [0, 0.05) is 18.5 Å². The highest BCUT2D eigenvalue weighted by Crippen LogP contribution is 2.11. The summed E-state index contributed by atoms with van der Waals surface area (Å²) in [5.41, 5.74) is -0.354. The lowest BCUT2D eigenvalue weighted by Crippen LogP contribution is -2.25. The molecular formula is C14H9F2N3O2. The van der Waals surface area contributed by atoms with Crippen molar-refractivity contribution in [1.82, 2.24) is 14.2 Å². The van der Waals surface area contributed by atoms with E-state index in [1.807, 2.05) is 0 Å². The second-order valence-corrected chi connectivity index (χ2v) is 4.44. The van der Waals surface area contributed by atoms with Crippen molar-refractivity contribution in [3.63, 3.8) is 0 Å². The van der Waals surface area contributed by atoms with Gasteiger partial charge in [-0.25, -0.2) is 13.3 Å². The van der Waals surface area contributed by atoms with E-state index in [0.717, 1.165) is 16.7 Å². The van der Waals surface area contributed by atoms with Crippen LogP contribution in [-0.4, -0.2) is 20.0 Å². The van der Waals surface area contributed by atoms with Crippen molar-refractivity contribution in [2.75, 3.05) is 0 Å². The first-order valence-electron chi connectivity index (χ1n) is 6.07. The van der Waals surface area contributed by atoms with Crippen LogP contribution < -0.4 is 5.56 Å². The standard InChI is InChI=1S/C14H9F2N3O2/c15-9-1-2-10(11(16)7-9)13(20)8-18-5-6-19-12(14(18)21)3-4-17-19/h1-7H,8H2. The lowest BCUT2D eigenvalue weighted by molar-refractivity contribution is 0.0967. The summed E-state index contributed by atoms with van der Waals surface area (Å²) < 4.78 is 28.9. The molecule has 0 aliphatic rings. The zero-order valence-corrected chi connectivity index (χ0v) is 10.7. The number of hydrogen-bond donors (Lipinski definition) is 0. The highest BCUT2D eigenvalue weighted by atomic mass is 19.1. The van der Waals surface area contributed by atoms with E-state index < -0.39 is 23.0 Å². The van der Waals surface area contributed by atoms with Gasteiger partial charge in [0.1, 0.15) is 17.2 Å². The van der Waals surface area contributed by atoms with E-state index in [1.165, 1.54) is 29.2 Å². The first-order chi connectivity index (χ1) is 10.1. The number of rotatable bonds is 3. The second kappa shape index (κ2) is 4.93. The summed E-state index contributed by atoms with van der Waals surface area (Å²) in [5.74, 6) is -2.32. The molecule has 0 bridgehead atoms. The number of carbonyl (C=O) groups is 1. The number of Topliss-reactive ketones (excluding diaryl/α,β-unsaturated/α-hetero) is 1. The quantitative estimate of drug-likeness (QED) is 0.689. The zero-order chi connectivity index (χ0) is 15.0. The topological polar surface area (TPSA) is 56.4 Å². The smallest absolute Gasteiger partial charge is 0.276 e. The summed E-state index contributed by atoms with van der Waals surface area (Å²) >= 11 is 0. The fourth-order valence-corrected chi connectivity index (χ4v) is 2.04. The average molecular weight is 289 g/mol. The summed E-state index contributed by atoms with van der Waals surface area (Å²) in [6, 6.07) is 4.21. The summed E-state index contributed by atoms with van der Waals surface area (Å²) in [7, 11) is 0. The van der Waals surface area contributed by atoms with Gasteiger partial charge in [-0.2, -0.15) is 5.10 Å². The number of fused-ring (bicyclic) bond motifs is 1. The number of halogens is 2. The fraction of sp³-hybridized carbons (Fsp3) is 0.0714. The molecule has 0 N–H and O–H groups in total. The summed E-state index contributed by atoms with van der Waals surface area (Å²) in [5, 5.41) is 3.90. The highest BCUT2D eigenvalue weighted by molar-refractivity contribution is 5.96. The van der Waals surface area contributed by atoms with Gasteiger partial charge in [-0.1, -0.05) is 0 Å². The molecular weight excluding hydrogens is 280 g/mol. The van der Waals surface area contributed by atoms with Gasteiger partial charge in [0.05, 0.1) is 18.3 Å². The number of benzene rings is 1. The molecule has 106 valence electrons. The molecule has 0 radical (unpaired) electrons. The highest BCUT2D eigenvalue weighted by Gasteiger charge is 2.14. The maximum atomic E-state index is 13.5. The predicted octanol–water partition coefficient (Wildman–Crippen LogP) is 1.66. The molecule has 1 aromatic carbocycles. The summed E-state index contributed by atoms with van der Waals surface area (Å²) in [4.78, 5) is 24.1. The molecule has 3 rings (SSSR count). The lowest BCUT2D eigenvalue weighted by Gasteiger charge is -2.06. The molecule has 3 aromatic rings. The number of aromatic nitrogens is 3. The van der Waals surface area contributed by atoms with Gasteiger partial charge in [0.25, 0.3) is 5.56 Å². The SMILES string of the molecule is O=C(Cn1ccn2nccc2c1=O)c1ccc(F)cc1F. The van der Waals surface area contributed by atoms with Crippen LogP contribution in [0.5, 0.6) is 0 Å². The van der Waals surface area contributed by atoms with Gasteiger partial charge < -0.3 is 4.57 Å². The molecule has 21 heavy (non-hydrogen) atoms. The normalized spacial score (nSPS) is 11.0. The molecule has 0 saturated heterocycles. The van der Waals surface area contributed by atoms with E-state index in [-0.39, 0.29) is 12.1 Å². The second-order valence-electron chi connectivity index (χ2n) is 4.44. The third-order valence-electron chi connectivity index (χ3n) is 3.08. The van der Waals surface area contributed by atoms with Crippen molar-refractivity contribution in [2.45, 2.75) is 6.54 Å². The summed E-state index contributed by atoms with van der Waals surface area (Å²) in [6.45, 7) is -0.330. The molecule has 0 amide bonds. The van der Waals surface area contributed by atoms with Gasteiger partial charge in [-0.15, -0.1) is 0 Å². The van der Waals surface area contributed by atoms with Crippen molar-refractivity contribution in [3.8, 4) is 0 Å². The van der Waals surface area contributed by atoms with E-state index in [2.05, 4.69) is 5.10 Å². The van der Waals surface area contributed by atoms with Crippen LogP contribution in [0.2, 0.25) is 0 Å². The van der Waals surface area contributed by atoms with Crippen molar-refractivity contribution in [2.24, 2.45) is 0 Å². The van der Waals surface area contributed by atoms with E-state index in [4.69, 9.17) is 0 Å². The Morgan fingerprint density at radius 3 is 2.76 bits per heavy atom. The summed E-state index contributed by atoms with van der Waals surface area (Å²) in [6.07, 6.45) is 4.37. The number of hydrogen-bond acceptors (Lipinski definition) is 3. The van der Waals surface area contributed by atoms with Gasteiger partial charge in [-0.05, 0) is 18.2 Å². The van der Waals surface area contributed by atoms with Crippen molar-refractivity contribution in [3.05, 3.63) is 70.4 Å². The van der Waals surface area contributed by atoms with Crippen LogP contribution >= 0.6 is 0 Å². The first-order valence-corrected chi connectivity index (χ1v) is 6.07. The minimum atomic E-state index is -0.946. The Morgan fingerprint density at radius 1 is 1.19 bits per heavy atom. The minimum Gasteiger partial charge on any atom is -0.304 e. The molecule has 0 saturated carbocycles. The minimum absolute atomic E-state index is 0.253. The Balaban J connectivity index is 1.96. The van der Waals surface area contributed by atoms with E-state index in [9.17, 15) is 18.4 Å². The third-order valence-corrected chi connectivity index (χ3v) is 3.08. The predicted molar refractivity (Wildman–Crippen MR) is 70.1 cm³/mol. The van der Waals surface area contributed by atoms with Crippen molar-refractivity contribution in [1.29, 1.82) is 0 Å². The maximum Gasteiger partial charge on any atom is 0.276 e. The number of carbonyl (C=O) groups excluding carboxylic acids is 1. The first kappa shape index (κ1) is 13.2. The number of nitrogens with zero attached hydrogens (tertiary/aromatic N) is 3. The lowest BCUT2D eigenvalue weighted by atomic mass is 10.1. The Bertz CT molecular complexity index is 899. The van der Waals surface area contributed by atoms with E-state index in [1.54, 1.807) is 0 Å². The van der Waals surface area contributed by atoms with Crippen LogP contribution in [0.4, 0.5) is 8.78 Å². The Morgan fingerprint density at radius 2 is 2.00 bits per heavy atom. The molecule has 0 spiro atoms. The maximum absolute atomic E-state index is 13.5. The molecule has 0 fully saturated rings. The molecule has 2 aromatic heterocycles. The Kier molecular flexibility index (Phi) is 3.09. The van der Waals surface area contributed by atoms with Crippen LogP contribution in [0.15, 0.2) is 47.7 Å². The fourth-order valence-electron chi connectivity index (χ4n) is 2.04. The van der Waals surface area contributed by atoms with Crippen LogP contribution in [0.3, 0.4) is 0 Å². The van der Waals surface area contributed by atoms with E-state index in [0.29, 0.717) is 11.6 Å². The zero-order valence-electron chi connectivity index (χ0n) is 10.7. The monoisotopic (exact) mass is 289 g/mol. The van der Waals surface area contributed by atoms with Gasteiger partial charge in [0.2, 0.25) is 0 Å². The molecule has 5 nitrogen and oxygen atoms in total. The number of ketones is 1. The largest absolute Gasteiger partial charge is 0.304 e. The molecule has 0 unspecified atom stereocenters. The Hall–Kier alpha value is -2.83. The van der Waals surface area contributed by atoms with Crippen LogP contribution in [0, 0.1) is 11.6 Å². The van der Waals surface area contributed by atoms with Crippen LogP contribution in [0.25, 0.3) is 5.52 Å². The molecule has 2 heterocycles. The van der Waals surface area contributed by atoms with Gasteiger partial charge >= 0.3 is 0 Å². The van der Waals surface area contributed by atoms with Gasteiger partial charge in [-0.3, -0.25) is 9.59 Å². The van der Waals surface area contributed by atoms with Gasteiger partial charge in [0.15, 0.2) is 5.78 Å². The van der Waals surface area contributed by atoms with Crippen LogP contribution in [-0.2, 0) is 6.54 Å². The third kappa shape index (κ3) is 2.33. The van der Waals surface area contributed by atoms with Crippen LogP contribution in [0.1, 0.15) is 10.4 Å². The molecule has 0 aliphatic heterocycles. The van der Waals surface area contributed by atoms with Crippen molar-refractivity contribution < 1.29 is 13.6 Å².